The number of halogens is 3. The van der Waals surface area contributed by atoms with E-state index in [9.17, 15) is 18.0 Å². The topological polar surface area (TPSA) is 75.3 Å². The Kier molecular flexibility index (Phi) is 7.87. The van der Waals surface area contributed by atoms with Crippen molar-refractivity contribution in [3.05, 3.63) is 59.8 Å². The average molecular weight is 382 g/mol. The lowest BCUT2D eigenvalue weighted by molar-refractivity contribution is -0.176. The van der Waals surface area contributed by atoms with Crippen LogP contribution in [-0.2, 0) is 17.9 Å². The molecule has 2 amide bonds. The Hall–Kier alpha value is -2.81. The van der Waals surface area contributed by atoms with Crippen molar-refractivity contribution in [2.75, 3.05) is 25.0 Å². The molecule has 1 aromatic heterocycles. The summed E-state index contributed by atoms with van der Waals surface area (Å²) in [6.45, 7) is -0.110. The van der Waals surface area contributed by atoms with Gasteiger partial charge in [-0.1, -0.05) is 30.3 Å². The van der Waals surface area contributed by atoms with Crippen molar-refractivity contribution >= 4 is 11.8 Å². The standard InChI is InChI=1S/C18H21F3N4O2/c19-18(20,21)13-27-12-15-6-4-14(5-7-15)11-25-17(26)24-10-9-23-16-3-1-2-8-22-16/h1-8H,9-13H2,(H,22,23)(H2,24,25,26). The van der Waals surface area contributed by atoms with Gasteiger partial charge >= 0.3 is 12.2 Å². The highest BCUT2D eigenvalue weighted by Crippen LogP contribution is 2.15. The molecule has 0 radical (unpaired) electrons. The van der Waals surface area contributed by atoms with Crippen LogP contribution in [0.1, 0.15) is 11.1 Å². The van der Waals surface area contributed by atoms with Crippen LogP contribution in [0.25, 0.3) is 0 Å². The number of hydrogen-bond acceptors (Lipinski definition) is 4. The molecule has 0 unspecified atom stereocenters. The zero-order valence-corrected chi connectivity index (χ0v) is 14.6. The fourth-order valence-corrected chi connectivity index (χ4v) is 2.12. The Morgan fingerprint density at radius 1 is 1.00 bits per heavy atom. The molecule has 2 rings (SSSR count). The van der Waals surface area contributed by atoms with E-state index in [1.54, 1.807) is 30.5 Å². The summed E-state index contributed by atoms with van der Waals surface area (Å²) in [5.74, 6) is 0.735. The number of amides is 2. The number of aromatic nitrogens is 1. The third-order valence-electron chi connectivity index (χ3n) is 3.39. The fourth-order valence-electron chi connectivity index (χ4n) is 2.12. The summed E-state index contributed by atoms with van der Waals surface area (Å²) >= 11 is 0. The smallest absolute Gasteiger partial charge is 0.368 e. The number of alkyl halides is 3. The predicted molar refractivity (Wildman–Crippen MR) is 95.1 cm³/mol. The van der Waals surface area contributed by atoms with Crippen LogP contribution in [0.4, 0.5) is 23.8 Å². The first-order valence-corrected chi connectivity index (χ1v) is 8.31. The first kappa shape index (κ1) is 20.5. The minimum atomic E-state index is -4.33. The van der Waals surface area contributed by atoms with Crippen molar-refractivity contribution in [3.63, 3.8) is 0 Å². The largest absolute Gasteiger partial charge is 0.411 e. The normalized spacial score (nSPS) is 11.1. The summed E-state index contributed by atoms with van der Waals surface area (Å²) in [6, 6.07) is 12.0. The number of nitrogens with zero attached hydrogens (tertiary/aromatic N) is 1. The van der Waals surface area contributed by atoms with Crippen LogP contribution < -0.4 is 16.0 Å². The predicted octanol–water partition coefficient (Wildman–Crippen LogP) is 3.07. The summed E-state index contributed by atoms with van der Waals surface area (Å²) in [7, 11) is 0. The van der Waals surface area contributed by atoms with E-state index in [4.69, 9.17) is 0 Å². The number of anilines is 1. The molecule has 0 saturated heterocycles. The van der Waals surface area contributed by atoms with Crippen LogP contribution in [0.3, 0.4) is 0 Å². The maximum atomic E-state index is 12.0. The number of nitrogens with one attached hydrogen (secondary N) is 3. The summed E-state index contributed by atoms with van der Waals surface area (Å²) in [5.41, 5.74) is 1.46. The van der Waals surface area contributed by atoms with Gasteiger partial charge in [-0.2, -0.15) is 13.2 Å². The van der Waals surface area contributed by atoms with E-state index in [-0.39, 0.29) is 12.6 Å². The minimum Gasteiger partial charge on any atom is -0.368 e. The Morgan fingerprint density at radius 3 is 2.41 bits per heavy atom. The molecule has 0 aliphatic heterocycles. The van der Waals surface area contributed by atoms with E-state index in [0.29, 0.717) is 25.2 Å². The molecule has 0 fully saturated rings. The highest BCUT2D eigenvalue weighted by atomic mass is 19.4. The maximum Gasteiger partial charge on any atom is 0.411 e. The lowest BCUT2D eigenvalue weighted by Crippen LogP contribution is -2.37. The van der Waals surface area contributed by atoms with Gasteiger partial charge in [0.15, 0.2) is 0 Å². The minimum absolute atomic E-state index is 0.114. The molecule has 1 heterocycles. The van der Waals surface area contributed by atoms with Crippen molar-refractivity contribution in [2.24, 2.45) is 0 Å². The molecule has 27 heavy (non-hydrogen) atoms. The van der Waals surface area contributed by atoms with Gasteiger partial charge in [0.2, 0.25) is 0 Å². The summed E-state index contributed by atoms with van der Waals surface area (Å²) < 4.78 is 40.6. The van der Waals surface area contributed by atoms with Crippen molar-refractivity contribution in [1.29, 1.82) is 0 Å². The van der Waals surface area contributed by atoms with Crippen molar-refractivity contribution < 1.29 is 22.7 Å². The monoisotopic (exact) mass is 382 g/mol. The highest BCUT2D eigenvalue weighted by molar-refractivity contribution is 5.73. The summed E-state index contributed by atoms with van der Waals surface area (Å²) in [4.78, 5) is 15.8. The zero-order valence-electron chi connectivity index (χ0n) is 14.6. The Morgan fingerprint density at radius 2 is 1.74 bits per heavy atom. The quantitative estimate of drug-likeness (QED) is 0.583. The van der Waals surface area contributed by atoms with Gasteiger partial charge in [0.25, 0.3) is 0 Å². The number of carbonyl (C=O) groups is 1. The molecule has 0 bridgehead atoms. The molecule has 2 aromatic rings. The van der Waals surface area contributed by atoms with Gasteiger partial charge in [-0.05, 0) is 23.3 Å². The molecular formula is C18H21F3N4O2. The van der Waals surface area contributed by atoms with E-state index in [1.807, 2.05) is 18.2 Å². The molecule has 9 heteroatoms. The van der Waals surface area contributed by atoms with E-state index >= 15 is 0 Å². The van der Waals surface area contributed by atoms with Crippen LogP contribution in [0.2, 0.25) is 0 Å². The third kappa shape index (κ3) is 8.91. The SMILES string of the molecule is O=C(NCCNc1ccccn1)NCc1ccc(COCC(F)(F)F)cc1. The van der Waals surface area contributed by atoms with Gasteiger partial charge in [0.1, 0.15) is 12.4 Å². The van der Waals surface area contributed by atoms with Crippen molar-refractivity contribution in [2.45, 2.75) is 19.3 Å². The molecule has 1 aromatic carbocycles. The van der Waals surface area contributed by atoms with Gasteiger partial charge in [-0.3, -0.25) is 0 Å². The number of hydrogen-bond donors (Lipinski definition) is 3. The van der Waals surface area contributed by atoms with E-state index in [0.717, 1.165) is 11.4 Å². The fraction of sp³-hybridized carbons (Fsp3) is 0.333. The van der Waals surface area contributed by atoms with Gasteiger partial charge in [0.05, 0.1) is 6.61 Å². The number of benzene rings is 1. The number of urea groups is 1. The van der Waals surface area contributed by atoms with Gasteiger partial charge in [-0.25, -0.2) is 9.78 Å². The molecule has 0 spiro atoms. The molecule has 0 aliphatic carbocycles. The molecule has 146 valence electrons. The summed E-state index contributed by atoms with van der Waals surface area (Å²) in [6.07, 6.45) is -2.65. The Bertz CT molecular complexity index is 694. The van der Waals surface area contributed by atoms with Crippen molar-refractivity contribution in [1.82, 2.24) is 15.6 Å². The second-order valence-corrected chi connectivity index (χ2v) is 5.68. The lowest BCUT2D eigenvalue weighted by atomic mass is 10.1. The molecule has 3 N–H and O–H groups in total. The number of carbonyl (C=O) groups excluding carboxylic acids is 1. The number of ether oxygens (including phenoxy) is 1. The second kappa shape index (κ2) is 10.4. The van der Waals surface area contributed by atoms with Crippen LogP contribution in [0.15, 0.2) is 48.7 Å². The van der Waals surface area contributed by atoms with E-state index in [2.05, 4.69) is 25.7 Å². The van der Waals surface area contributed by atoms with Crippen molar-refractivity contribution in [3.8, 4) is 0 Å². The third-order valence-corrected chi connectivity index (χ3v) is 3.39. The maximum absolute atomic E-state index is 12.0. The first-order chi connectivity index (χ1) is 12.9. The number of rotatable bonds is 9. The van der Waals surface area contributed by atoms with Gasteiger partial charge in [-0.15, -0.1) is 0 Å². The molecular weight excluding hydrogens is 361 g/mol. The van der Waals surface area contributed by atoms with Gasteiger partial charge < -0.3 is 20.7 Å². The highest BCUT2D eigenvalue weighted by Gasteiger charge is 2.27. The Labute approximate surface area is 155 Å². The Balaban J connectivity index is 1.60. The second-order valence-electron chi connectivity index (χ2n) is 5.68. The lowest BCUT2D eigenvalue weighted by Gasteiger charge is -2.10. The van der Waals surface area contributed by atoms with E-state index < -0.39 is 12.8 Å². The molecule has 0 saturated carbocycles. The zero-order chi connectivity index (χ0) is 19.5. The first-order valence-electron chi connectivity index (χ1n) is 8.31. The number of pyridine rings is 1. The van der Waals surface area contributed by atoms with Crippen LogP contribution >= 0.6 is 0 Å². The van der Waals surface area contributed by atoms with E-state index in [1.165, 1.54) is 0 Å². The van der Waals surface area contributed by atoms with Crippen LogP contribution in [-0.4, -0.2) is 36.9 Å². The molecule has 0 atom stereocenters. The summed E-state index contributed by atoms with van der Waals surface area (Å²) in [5, 5.41) is 8.49. The van der Waals surface area contributed by atoms with Gasteiger partial charge in [0, 0.05) is 25.8 Å². The molecule has 0 aliphatic rings. The average Bonchev–Trinajstić information content (AvgIpc) is 2.64. The molecule has 6 nitrogen and oxygen atoms in total. The van der Waals surface area contributed by atoms with Crippen LogP contribution in [0, 0.1) is 0 Å². The van der Waals surface area contributed by atoms with Crippen LogP contribution in [0.5, 0.6) is 0 Å².